The molecule has 0 radical (unpaired) electrons. The largest absolute Gasteiger partial charge is 0.493 e. The van der Waals surface area contributed by atoms with Gasteiger partial charge in [0.05, 0.1) is 21.3 Å². The smallest absolute Gasteiger partial charge is 0.223 e. The summed E-state index contributed by atoms with van der Waals surface area (Å²) in [6.07, 6.45) is 4.80. The maximum Gasteiger partial charge on any atom is 0.223 e. The third kappa shape index (κ3) is 4.30. The molecule has 1 aliphatic rings. The van der Waals surface area contributed by atoms with Crippen LogP contribution in [0.5, 0.6) is 17.2 Å². The Bertz CT molecular complexity index is 515. The van der Waals surface area contributed by atoms with Gasteiger partial charge in [0.25, 0.3) is 0 Å². The summed E-state index contributed by atoms with van der Waals surface area (Å²) in [6.45, 7) is 2.69. The van der Waals surface area contributed by atoms with Crippen molar-refractivity contribution in [2.45, 2.75) is 51.6 Å². The summed E-state index contributed by atoms with van der Waals surface area (Å²) in [6, 6.07) is 4.23. The van der Waals surface area contributed by atoms with Gasteiger partial charge in [-0.2, -0.15) is 0 Å². The number of methoxy groups -OCH3 is 3. The summed E-state index contributed by atoms with van der Waals surface area (Å²) in [7, 11) is 4.79. The zero-order valence-electron chi connectivity index (χ0n) is 14.6. The third-order valence-electron chi connectivity index (χ3n) is 4.13. The maximum atomic E-state index is 12.5. The van der Waals surface area contributed by atoms with Gasteiger partial charge >= 0.3 is 0 Å². The van der Waals surface area contributed by atoms with Gasteiger partial charge in [-0.25, -0.2) is 0 Å². The lowest BCUT2D eigenvalue weighted by Crippen LogP contribution is -2.32. The Morgan fingerprint density at radius 2 is 1.74 bits per heavy atom. The quantitative estimate of drug-likeness (QED) is 0.699. The molecular weight excluding hydrogens is 294 g/mol. The number of carbonyl (C=O) groups is 1. The molecule has 0 bridgehead atoms. The van der Waals surface area contributed by atoms with Crippen LogP contribution in [-0.4, -0.2) is 38.2 Å². The molecule has 0 saturated heterocycles. The van der Waals surface area contributed by atoms with Crippen LogP contribution in [0.2, 0.25) is 0 Å². The van der Waals surface area contributed by atoms with E-state index in [0.717, 1.165) is 31.2 Å². The van der Waals surface area contributed by atoms with Crippen molar-refractivity contribution in [2.75, 3.05) is 21.3 Å². The van der Waals surface area contributed by atoms with Crippen LogP contribution in [0.3, 0.4) is 0 Å². The summed E-state index contributed by atoms with van der Waals surface area (Å²) in [5, 5.41) is 0. The van der Waals surface area contributed by atoms with Gasteiger partial charge in [-0.3, -0.25) is 4.79 Å². The molecule has 1 saturated carbocycles. The first-order valence-electron chi connectivity index (χ1n) is 8.22. The molecule has 1 aromatic rings. The van der Waals surface area contributed by atoms with Crippen LogP contribution >= 0.6 is 0 Å². The molecule has 1 fully saturated rings. The topological polar surface area (TPSA) is 48.0 Å². The number of amides is 1. The van der Waals surface area contributed by atoms with E-state index in [9.17, 15) is 4.79 Å². The van der Waals surface area contributed by atoms with Crippen LogP contribution in [-0.2, 0) is 11.3 Å². The van der Waals surface area contributed by atoms with Gasteiger partial charge in [0.2, 0.25) is 11.7 Å². The van der Waals surface area contributed by atoms with E-state index in [1.807, 2.05) is 17.0 Å². The summed E-state index contributed by atoms with van der Waals surface area (Å²) in [5.41, 5.74) is 0.997. The Morgan fingerprint density at radius 3 is 2.17 bits per heavy atom. The molecular formula is C18H27NO4. The van der Waals surface area contributed by atoms with Crippen molar-refractivity contribution in [3.63, 3.8) is 0 Å². The van der Waals surface area contributed by atoms with Crippen LogP contribution in [0, 0.1) is 0 Å². The molecule has 2 rings (SSSR count). The number of benzene rings is 1. The Morgan fingerprint density at radius 1 is 1.13 bits per heavy atom. The second-order valence-electron chi connectivity index (χ2n) is 5.89. The Balaban J connectivity index is 2.20. The van der Waals surface area contributed by atoms with E-state index in [2.05, 4.69) is 6.92 Å². The third-order valence-corrected chi connectivity index (χ3v) is 4.13. The molecule has 0 aliphatic heterocycles. The summed E-state index contributed by atoms with van der Waals surface area (Å²) < 4.78 is 16.1. The molecule has 0 N–H and O–H groups in total. The van der Waals surface area contributed by atoms with Crippen molar-refractivity contribution in [3.8, 4) is 17.2 Å². The van der Waals surface area contributed by atoms with Gasteiger partial charge in [-0.05, 0) is 37.0 Å². The molecule has 0 heterocycles. The van der Waals surface area contributed by atoms with E-state index in [0.29, 0.717) is 36.3 Å². The van der Waals surface area contributed by atoms with Crippen LogP contribution in [0.1, 0.15) is 44.6 Å². The summed E-state index contributed by atoms with van der Waals surface area (Å²) in [5.74, 6) is 2.06. The zero-order valence-corrected chi connectivity index (χ0v) is 14.6. The minimum Gasteiger partial charge on any atom is -0.493 e. The maximum absolute atomic E-state index is 12.5. The monoisotopic (exact) mass is 321 g/mol. The number of hydrogen-bond acceptors (Lipinski definition) is 4. The standard InChI is InChI=1S/C18H27NO4/c1-5-6-7-17(20)19(14-8-9-14)12-13-10-15(21-2)18(23-4)16(11-13)22-3/h10-11,14H,5-9,12H2,1-4H3. The predicted octanol–water partition coefficient (Wildman–Crippen LogP) is 3.39. The number of nitrogens with zero attached hydrogens (tertiary/aromatic N) is 1. The van der Waals surface area contributed by atoms with Crippen molar-refractivity contribution in [2.24, 2.45) is 0 Å². The van der Waals surface area contributed by atoms with Crippen molar-refractivity contribution in [3.05, 3.63) is 17.7 Å². The van der Waals surface area contributed by atoms with Crippen LogP contribution < -0.4 is 14.2 Å². The van der Waals surface area contributed by atoms with Gasteiger partial charge < -0.3 is 19.1 Å². The normalized spacial score (nSPS) is 13.6. The number of rotatable bonds is 9. The fourth-order valence-electron chi connectivity index (χ4n) is 2.70. The first-order chi connectivity index (χ1) is 11.1. The Labute approximate surface area is 138 Å². The van der Waals surface area contributed by atoms with Crippen molar-refractivity contribution < 1.29 is 19.0 Å². The number of hydrogen-bond donors (Lipinski definition) is 0. The predicted molar refractivity (Wildman–Crippen MR) is 89.2 cm³/mol. The number of carbonyl (C=O) groups excluding carboxylic acids is 1. The van der Waals surface area contributed by atoms with E-state index in [1.54, 1.807) is 21.3 Å². The van der Waals surface area contributed by atoms with E-state index in [1.165, 1.54) is 0 Å². The second kappa shape index (κ2) is 8.09. The molecule has 1 aromatic carbocycles. The van der Waals surface area contributed by atoms with E-state index in [4.69, 9.17) is 14.2 Å². The van der Waals surface area contributed by atoms with Gasteiger partial charge in [0.1, 0.15) is 0 Å². The first-order valence-corrected chi connectivity index (χ1v) is 8.22. The van der Waals surface area contributed by atoms with Crippen molar-refractivity contribution in [1.29, 1.82) is 0 Å². The minimum atomic E-state index is 0.239. The second-order valence-corrected chi connectivity index (χ2v) is 5.89. The highest BCUT2D eigenvalue weighted by atomic mass is 16.5. The van der Waals surface area contributed by atoms with E-state index < -0.39 is 0 Å². The van der Waals surface area contributed by atoms with Crippen molar-refractivity contribution >= 4 is 5.91 Å². The summed E-state index contributed by atoms with van der Waals surface area (Å²) >= 11 is 0. The van der Waals surface area contributed by atoms with Crippen LogP contribution in [0.4, 0.5) is 0 Å². The number of ether oxygens (including phenoxy) is 3. The first kappa shape index (κ1) is 17.4. The minimum absolute atomic E-state index is 0.239. The van der Waals surface area contributed by atoms with E-state index in [-0.39, 0.29) is 5.91 Å². The lowest BCUT2D eigenvalue weighted by Gasteiger charge is -2.23. The molecule has 0 unspecified atom stereocenters. The SMILES string of the molecule is CCCCC(=O)N(Cc1cc(OC)c(OC)c(OC)c1)C1CC1. The molecule has 5 heteroatoms. The lowest BCUT2D eigenvalue weighted by atomic mass is 10.1. The molecule has 128 valence electrons. The molecule has 23 heavy (non-hydrogen) atoms. The van der Waals surface area contributed by atoms with Crippen molar-refractivity contribution in [1.82, 2.24) is 4.90 Å². The lowest BCUT2D eigenvalue weighted by molar-refractivity contribution is -0.132. The molecule has 1 aliphatic carbocycles. The van der Waals surface area contributed by atoms with Gasteiger partial charge in [0.15, 0.2) is 11.5 Å². The van der Waals surface area contributed by atoms with Gasteiger partial charge in [-0.1, -0.05) is 13.3 Å². The average Bonchev–Trinajstić information content (AvgIpc) is 3.41. The van der Waals surface area contributed by atoms with Crippen LogP contribution in [0.25, 0.3) is 0 Å². The fourth-order valence-corrected chi connectivity index (χ4v) is 2.70. The average molecular weight is 321 g/mol. The molecule has 0 atom stereocenters. The van der Waals surface area contributed by atoms with E-state index >= 15 is 0 Å². The highest BCUT2D eigenvalue weighted by Crippen LogP contribution is 2.39. The molecule has 1 amide bonds. The molecule has 5 nitrogen and oxygen atoms in total. The van der Waals surface area contributed by atoms with Gasteiger partial charge in [0, 0.05) is 19.0 Å². The number of unbranched alkanes of at least 4 members (excludes halogenated alkanes) is 1. The zero-order chi connectivity index (χ0) is 16.8. The highest BCUT2D eigenvalue weighted by Gasteiger charge is 2.32. The Kier molecular flexibility index (Phi) is 6.13. The molecule has 0 aromatic heterocycles. The Hall–Kier alpha value is -1.91. The fraction of sp³-hybridized carbons (Fsp3) is 0.611. The molecule has 0 spiro atoms. The van der Waals surface area contributed by atoms with Gasteiger partial charge in [-0.15, -0.1) is 0 Å². The summed E-state index contributed by atoms with van der Waals surface area (Å²) in [4.78, 5) is 14.5. The van der Waals surface area contributed by atoms with Crippen LogP contribution in [0.15, 0.2) is 12.1 Å². The highest BCUT2D eigenvalue weighted by molar-refractivity contribution is 5.77.